The smallest absolute Gasteiger partial charge is 0.227 e. The predicted octanol–water partition coefficient (Wildman–Crippen LogP) is -0.128. The number of carbonyl (C=O) groups is 1. The third-order valence-electron chi connectivity index (χ3n) is 3.76. The van der Waals surface area contributed by atoms with Gasteiger partial charge in [0.1, 0.15) is 0 Å². The van der Waals surface area contributed by atoms with Crippen molar-refractivity contribution >= 4 is 5.91 Å². The lowest BCUT2D eigenvalue weighted by Crippen LogP contribution is -2.39. The minimum atomic E-state index is 0.0502. The van der Waals surface area contributed by atoms with E-state index in [1.807, 2.05) is 38.2 Å². The number of amides is 1. The standard InChI is InChI=1S/C14H25N5O/c1-16(2)14(20)13-10-17(3)5-6-19(11-13)9-12-7-15-18(4)8-12/h7-8,13H,5-6,9-11H2,1-4H3/t13-/m1/s1. The highest BCUT2D eigenvalue weighted by atomic mass is 16.2. The fourth-order valence-corrected chi connectivity index (χ4v) is 2.72. The van der Waals surface area contributed by atoms with Crippen molar-refractivity contribution in [3.63, 3.8) is 0 Å². The molecule has 1 atom stereocenters. The number of aromatic nitrogens is 2. The van der Waals surface area contributed by atoms with E-state index in [1.54, 1.807) is 4.90 Å². The zero-order valence-corrected chi connectivity index (χ0v) is 12.9. The first-order valence-electron chi connectivity index (χ1n) is 7.05. The van der Waals surface area contributed by atoms with Crippen molar-refractivity contribution in [1.82, 2.24) is 24.5 Å². The quantitative estimate of drug-likeness (QED) is 0.773. The van der Waals surface area contributed by atoms with Crippen molar-refractivity contribution in [2.24, 2.45) is 13.0 Å². The van der Waals surface area contributed by atoms with Crippen LogP contribution in [0.5, 0.6) is 0 Å². The van der Waals surface area contributed by atoms with E-state index in [2.05, 4.69) is 21.9 Å². The van der Waals surface area contributed by atoms with Crippen LogP contribution in [0.1, 0.15) is 5.56 Å². The molecule has 20 heavy (non-hydrogen) atoms. The van der Waals surface area contributed by atoms with Crippen LogP contribution in [0.3, 0.4) is 0 Å². The molecule has 6 nitrogen and oxygen atoms in total. The van der Waals surface area contributed by atoms with E-state index in [0.717, 1.165) is 32.7 Å². The van der Waals surface area contributed by atoms with Gasteiger partial charge in [0.25, 0.3) is 0 Å². The van der Waals surface area contributed by atoms with Gasteiger partial charge in [-0.05, 0) is 7.05 Å². The van der Waals surface area contributed by atoms with Crippen molar-refractivity contribution in [2.45, 2.75) is 6.54 Å². The first-order valence-corrected chi connectivity index (χ1v) is 7.05. The Bertz CT molecular complexity index is 456. The highest BCUT2D eigenvalue weighted by Crippen LogP contribution is 2.13. The first-order chi connectivity index (χ1) is 9.45. The molecule has 1 fully saturated rings. The van der Waals surface area contributed by atoms with Crippen LogP contribution in [-0.4, -0.2) is 77.7 Å². The maximum absolute atomic E-state index is 12.3. The minimum Gasteiger partial charge on any atom is -0.348 e. The zero-order chi connectivity index (χ0) is 14.7. The Morgan fingerprint density at radius 2 is 2.10 bits per heavy atom. The Morgan fingerprint density at radius 1 is 1.35 bits per heavy atom. The van der Waals surface area contributed by atoms with Crippen LogP contribution in [0.15, 0.2) is 12.4 Å². The lowest BCUT2D eigenvalue weighted by atomic mass is 10.1. The molecule has 0 aromatic carbocycles. The van der Waals surface area contributed by atoms with E-state index >= 15 is 0 Å². The number of aryl methyl sites for hydroxylation is 1. The maximum atomic E-state index is 12.3. The summed E-state index contributed by atoms with van der Waals surface area (Å²) in [6.45, 7) is 4.50. The summed E-state index contributed by atoms with van der Waals surface area (Å²) in [6.07, 6.45) is 3.94. The monoisotopic (exact) mass is 279 g/mol. The van der Waals surface area contributed by atoms with Crippen molar-refractivity contribution in [3.05, 3.63) is 18.0 Å². The Hall–Kier alpha value is -1.40. The second kappa shape index (κ2) is 6.37. The predicted molar refractivity (Wildman–Crippen MR) is 78.2 cm³/mol. The number of rotatable bonds is 3. The topological polar surface area (TPSA) is 44.6 Å². The van der Waals surface area contributed by atoms with E-state index in [9.17, 15) is 4.79 Å². The third kappa shape index (κ3) is 3.80. The summed E-state index contributed by atoms with van der Waals surface area (Å²) in [4.78, 5) is 18.6. The summed E-state index contributed by atoms with van der Waals surface area (Å²) < 4.78 is 1.82. The van der Waals surface area contributed by atoms with Crippen LogP contribution in [-0.2, 0) is 18.4 Å². The van der Waals surface area contributed by atoms with E-state index in [0.29, 0.717) is 0 Å². The highest BCUT2D eigenvalue weighted by Gasteiger charge is 2.27. The summed E-state index contributed by atoms with van der Waals surface area (Å²) in [5, 5.41) is 4.21. The van der Waals surface area contributed by atoms with Gasteiger partial charge in [-0.25, -0.2) is 0 Å². The fraction of sp³-hybridized carbons (Fsp3) is 0.714. The van der Waals surface area contributed by atoms with E-state index in [4.69, 9.17) is 0 Å². The average molecular weight is 279 g/mol. The van der Waals surface area contributed by atoms with Gasteiger partial charge in [0.05, 0.1) is 12.1 Å². The molecule has 1 aliphatic rings. The third-order valence-corrected chi connectivity index (χ3v) is 3.76. The second-order valence-corrected chi connectivity index (χ2v) is 5.95. The molecule has 1 aromatic heterocycles. The van der Waals surface area contributed by atoms with Gasteiger partial charge >= 0.3 is 0 Å². The highest BCUT2D eigenvalue weighted by molar-refractivity contribution is 5.78. The molecule has 0 aliphatic carbocycles. The fourth-order valence-electron chi connectivity index (χ4n) is 2.72. The Labute approximate surface area is 120 Å². The zero-order valence-electron chi connectivity index (χ0n) is 12.9. The van der Waals surface area contributed by atoms with Gasteiger partial charge in [-0.2, -0.15) is 5.10 Å². The molecule has 1 aromatic rings. The molecule has 112 valence electrons. The van der Waals surface area contributed by atoms with Gasteiger partial charge < -0.3 is 9.80 Å². The summed E-state index contributed by atoms with van der Waals surface area (Å²) >= 11 is 0. The Morgan fingerprint density at radius 3 is 2.70 bits per heavy atom. The molecular weight excluding hydrogens is 254 g/mol. The van der Waals surface area contributed by atoms with Crippen molar-refractivity contribution in [3.8, 4) is 0 Å². The van der Waals surface area contributed by atoms with Gasteiger partial charge in [0.15, 0.2) is 0 Å². The van der Waals surface area contributed by atoms with Crippen LogP contribution in [0.2, 0.25) is 0 Å². The molecule has 0 radical (unpaired) electrons. The molecule has 2 rings (SSSR count). The number of nitrogens with zero attached hydrogens (tertiary/aromatic N) is 5. The van der Waals surface area contributed by atoms with Crippen LogP contribution in [0, 0.1) is 5.92 Å². The number of hydrogen-bond acceptors (Lipinski definition) is 4. The maximum Gasteiger partial charge on any atom is 0.227 e. The molecule has 1 amide bonds. The minimum absolute atomic E-state index is 0.0502. The van der Waals surface area contributed by atoms with Crippen LogP contribution in [0.4, 0.5) is 0 Å². The molecule has 0 bridgehead atoms. The molecule has 0 N–H and O–H groups in total. The Balaban J connectivity index is 2.03. The molecule has 2 heterocycles. The first kappa shape index (κ1) is 15.0. The molecule has 0 spiro atoms. The number of hydrogen-bond donors (Lipinski definition) is 0. The normalized spacial score (nSPS) is 21.7. The summed E-state index contributed by atoms with van der Waals surface area (Å²) in [7, 11) is 7.68. The van der Waals surface area contributed by atoms with Gasteiger partial charge in [0.2, 0.25) is 5.91 Å². The van der Waals surface area contributed by atoms with Gasteiger partial charge in [-0.1, -0.05) is 0 Å². The lowest BCUT2D eigenvalue weighted by Gasteiger charge is -2.25. The summed E-state index contributed by atoms with van der Waals surface area (Å²) in [5.41, 5.74) is 1.20. The van der Waals surface area contributed by atoms with Crippen LogP contribution in [0.25, 0.3) is 0 Å². The summed E-state index contributed by atoms with van der Waals surface area (Å²) in [6, 6.07) is 0. The summed E-state index contributed by atoms with van der Waals surface area (Å²) in [5.74, 6) is 0.268. The molecule has 1 aliphatic heterocycles. The average Bonchev–Trinajstić information content (AvgIpc) is 2.69. The van der Waals surface area contributed by atoms with Crippen LogP contribution < -0.4 is 0 Å². The lowest BCUT2D eigenvalue weighted by molar-refractivity contribution is -0.133. The van der Waals surface area contributed by atoms with Gasteiger partial charge in [-0.15, -0.1) is 0 Å². The number of likely N-dealkylation sites (N-methyl/N-ethyl adjacent to an activating group) is 1. The van der Waals surface area contributed by atoms with Crippen molar-refractivity contribution < 1.29 is 4.79 Å². The molecular formula is C14H25N5O. The molecule has 6 heteroatoms. The van der Waals surface area contributed by atoms with E-state index in [1.165, 1.54) is 5.56 Å². The largest absolute Gasteiger partial charge is 0.348 e. The SMILES string of the molecule is CN1CCN(Cc2cnn(C)c2)C[C@H](C(=O)N(C)C)C1. The van der Waals surface area contributed by atoms with Gasteiger partial charge in [-0.3, -0.25) is 14.4 Å². The van der Waals surface area contributed by atoms with E-state index in [-0.39, 0.29) is 11.8 Å². The van der Waals surface area contributed by atoms with Crippen LogP contribution >= 0.6 is 0 Å². The Kier molecular flexibility index (Phi) is 4.77. The second-order valence-electron chi connectivity index (χ2n) is 5.95. The van der Waals surface area contributed by atoms with Crippen molar-refractivity contribution in [2.75, 3.05) is 47.3 Å². The molecule has 0 unspecified atom stereocenters. The van der Waals surface area contributed by atoms with E-state index < -0.39 is 0 Å². The number of carbonyl (C=O) groups excluding carboxylic acids is 1. The van der Waals surface area contributed by atoms with Crippen molar-refractivity contribution in [1.29, 1.82) is 0 Å². The molecule has 1 saturated heterocycles. The molecule has 0 saturated carbocycles. The van der Waals surface area contributed by atoms with Gasteiger partial charge in [0, 0.05) is 65.6 Å².